The Labute approximate surface area is 196 Å². The first-order valence-electron chi connectivity index (χ1n) is 12.4. The van der Waals surface area contributed by atoms with Gasteiger partial charge in [0.15, 0.2) is 0 Å². The molecule has 2 fully saturated rings. The molecule has 33 heavy (non-hydrogen) atoms. The van der Waals surface area contributed by atoms with E-state index in [1.807, 2.05) is 30.5 Å². The van der Waals surface area contributed by atoms with Crippen LogP contribution < -0.4 is 10.6 Å². The van der Waals surface area contributed by atoms with Crippen molar-refractivity contribution >= 4 is 28.5 Å². The molecule has 6 heteroatoms. The summed E-state index contributed by atoms with van der Waals surface area (Å²) in [7, 11) is 0. The van der Waals surface area contributed by atoms with E-state index in [0.29, 0.717) is 29.9 Å². The summed E-state index contributed by atoms with van der Waals surface area (Å²) in [6.45, 7) is 7.01. The molecule has 178 valence electrons. The number of nitrogens with one attached hydrogen (secondary N) is 2. The van der Waals surface area contributed by atoms with Crippen molar-refractivity contribution in [3.8, 4) is 0 Å². The second-order valence-corrected chi connectivity index (χ2v) is 11.1. The quantitative estimate of drug-likeness (QED) is 0.548. The molecule has 1 amide bonds. The van der Waals surface area contributed by atoms with Crippen LogP contribution in [0.25, 0.3) is 10.8 Å². The number of pyridine rings is 1. The van der Waals surface area contributed by atoms with Gasteiger partial charge in [0.1, 0.15) is 5.82 Å². The van der Waals surface area contributed by atoms with Gasteiger partial charge >= 0.3 is 5.97 Å². The third-order valence-electron chi connectivity index (χ3n) is 7.65. The molecular weight excluding hydrogens is 414 g/mol. The first-order chi connectivity index (χ1) is 15.7. The first kappa shape index (κ1) is 23.5. The zero-order valence-corrected chi connectivity index (χ0v) is 20.1. The van der Waals surface area contributed by atoms with Gasteiger partial charge in [0.05, 0.1) is 5.92 Å². The first-order valence-corrected chi connectivity index (χ1v) is 12.4. The lowest BCUT2D eigenvalue weighted by Crippen LogP contribution is -2.39. The minimum atomic E-state index is -0.765. The van der Waals surface area contributed by atoms with Crippen LogP contribution in [-0.2, 0) is 4.79 Å². The van der Waals surface area contributed by atoms with Crippen LogP contribution in [0.2, 0.25) is 0 Å². The van der Waals surface area contributed by atoms with Gasteiger partial charge in [-0.05, 0) is 79.9 Å². The molecule has 6 nitrogen and oxygen atoms in total. The third-order valence-corrected chi connectivity index (χ3v) is 7.65. The smallest absolute Gasteiger partial charge is 0.306 e. The fourth-order valence-electron chi connectivity index (χ4n) is 5.49. The maximum atomic E-state index is 12.9. The van der Waals surface area contributed by atoms with Crippen LogP contribution in [0.5, 0.6) is 0 Å². The van der Waals surface area contributed by atoms with E-state index in [1.165, 1.54) is 12.8 Å². The van der Waals surface area contributed by atoms with Crippen LogP contribution in [0.3, 0.4) is 0 Å². The number of carbonyl (C=O) groups is 2. The Morgan fingerprint density at radius 2 is 1.73 bits per heavy atom. The normalized spacial score (nSPS) is 26.0. The number of rotatable bonds is 5. The number of aromatic nitrogens is 1. The van der Waals surface area contributed by atoms with E-state index in [4.69, 9.17) is 0 Å². The lowest BCUT2D eigenvalue weighted by atomic mass is 9.71. The van der Waals surface area contributed by atoms with Gasteiger partial charge in [0.2, 0.25) is 0 Å². The van der Waals surface area contributed by atoms with Crippen LogP contribution in [0, 0.1) is 17.3 Å². The Balaban J connectivity index is 1.40. The third kappa shape index (κ3) is 5.84. The number of aliphatic carboxylic acids is 1. The number of nitrogens with zero attached hydrogens (tertiary/aromatic N) is 1. The number of hydrogen-bond acceptors (Lipinski definition) is 4. The van der Waals surface area contributed by atoms with Crippen LogP contribution in [0.15, 0.2) is 30.5 Å². The molecule has 1 aromatic heterocycles. The molecule has 2 saturated carbocycles. The van der Waals surface area contributed by atoms with E-state index in [1.54, 1.807) is 0 Å². The number of carboxylic acids is 1. The highest BCUT2D eigenvalue weighted by Gasteiger charge is 2.30. The number of carboxylic acid groups (broad SMARTS) is 1. The van der Waals surface area contributed by atoms with Crippen LogP contribution >= 0.6 is 0 Å². The summed E-state index contributed by atoms with van der Waals surface area (Å²) < 4.78 is 0. The fourth-order valence-corrected chi connectivity index (χ4v) is 5.49. The van der Waals surface area contributed by atoms with E-state index >= 15 is 0 Å². The number of anilines is 1. The molecule has 0 bridgehead atoms. The van der Waals surface area contributed by atoms with Crippen LogP contribution in [0.4, 0.5) is 5.82 Å². The molecule has 2 atom stereocenters. The van der Waals surface area contributed by atoms with E-state index in [9.17, 15) is 14.7 Å². The van der Waals surface area contributed by atoms with Crippen molar-refractivity contribution in [1.82, 2.24) is 10.3 Å². The number of benzene rings is 1. The standard InChI is InChI=1S/C27H37N3O3/c1-27(2,3)21-9-11-22(12-10-21)29-24-15-20-13-17(7-8-19(20)16-28-24)25(31)30-23-6-4-5-18(14-23)26(32)33/h7-8,13,15-16,18,21-23H,4-6,9-12,14H2,1-3H3,(H,28,29)(H,30,31)(H,32,33)/t18?,21-,22-,23?. The second-order valence-electron chi connectivity index (χ2n) is 11.1. The fraction of sp³-hybridized carbons (Fsp3) is 0.593. The van der Waals surface area contributed by atoms with Gasteiger partial charge in [-0.25, -0.2) is 4.98 Å². The monoisotopic (exact) mass is 451 g/mol. The molecule has 2 aromatic rings. The van der Waals surface area contributed by atoms with Gasteiger partial charge in [-0.1, -0.05) is 33.3 Å². The summed E-state index contributed by atoms with van der Waals surface area (Å²) in [5, 5.41) is 17.9. The topological polar surface area (TPSA) is 91.3 Å². The van der Waals surface area contributed by atoms with Gasteiger partial charge in [-0.15, -0.1) is 0 Å². The zero-order chi connectivity index (χ0) is 23.6. The Hall–Kier alpha value is -2.63. The minimum Gasteiger partial charge on any atom is -0.481 e. The molecule has 1 heterocycles. The number of hydrogen-bond donors (Lipinski definition) is 3. The van der Waals surface area contributed by atoms with Gasteiger partial charge in [0, 0.05) is 29.2 Å². The molecule has 0 saturated heterocycles. The highest BCUT2D eigenvalue weighted by atomic mass is 16.4. The highest BCUT2D eigenvalue weighted by molar-refractivity contribution is 5.99. The predicted molar refractivity (Wildman–Crippen MR) is 131 cm³/mol. The highest BCUT2D eigenvalue weighted by Crippen LogP contribution is 2.38. The van der Waals surface area contributed by atoms with Crippen LogP contribution in [-0.4, -0.2) is 34.1 Å². The Morgan fingerprint density at radius 1 is 0.970 bits per heavy atom. The zero-order valence-electron chi connectivity index (χ0n) is 20.1. The van der Waals surface area contributed by atoms with Gasteiger partial charge in [0.25, 0.3) is 5.91 Å². The largest absolute Gasteiger partial charge is 0.481 e. The number of fused-ring (bicyclic) bond motifs is 1. The molecule has 0 radical (unpaired) electrons. The van der Waals surface area contributed by atoms with Crippen molar-refractivity contribution < 1.29 is 14.7 Å². The lowest BCUT2D eigenvalue weighted by Gasteiger charge is -2.37. The molecule has 2 aliphatic rings. The summed E-state index contributed by atoms with van der Waals surface area (Å²) in [5.74, 6) is 0.365. The average Bonchev–Trinajstić information content (AvgIpc) is 2.78. The molecule has 2 aliphatic carbocycles. The van der Waals surface area contributed by atoms with E-state index in [0.717, 1.165) is 48.2 Å². The maximum absolute atomic E-state index is 12.9. The Kier molecular flexibility index (Phi) is 6.91. The van der Waals surface area contributed by atoms with Crippen molar-refractivity contribution in [1.29, 1.82) is 0 Å². The van der Waals surface area contributed by atoms with Crippen LogP contribution in [0.1, 0.15) is 82.5 Å². The number of carbonyl (C=O) groups excluding carboxylic acids is 1. The second kappa shape index (κ2) is 9.70. The molecule has 2 unspecified atom stereocenters. The van der Waals surface area contributed by atoms with Crippen molar-refractivity contribution in [2.24, 2.45) is 17.3 Å². The van der Waals surface area contributed by atoms with Gasteiger partial charge < -0.3 is 15.7 Å². The summed E-state index contributed by atoms with van der Waals surface area (Å²) in [4.78, 5) is 28.8. The minimum absolute atomic E-state index is 0.0825. The van der Waals surface area contributed by atoms with Crippen molar-refractivity contribution in [2.45, 2.75) is 84.2 Å². The summed E-state index contributed by atoms with van der Waals surface area (Å²) in [5.41, 5.74) is 0.970. The Morgan fingerprint density at radius 3 is 2.42 bits per heavy atom. The molecular formula is C27H37N3O3. The molecule has 3 N–H and O–H groups in total. The van der Waals surface area contributed by atoms with E-state index in [2.05, 4.69) is 36.4 Å². The van der Waals surface area contributed by atoms with Gasteiger partial charge in [-0.2, -0.15) is 0 Å². The van der Waals surface area contributed by atoms with E-state index in [-0.39, 0.29) is 17.9 Å². The van der Waals surface area contributed by atoms with Crippen molar-refractivity contribution in [2.75, 3.05) is 5.32 Å². The number of amides is 1. The molecule has 1 aromatic carbocycles. The summed E-state index contributed by atoms with van der Waals surface area (Å²) in [6.07, 6.45) is 9.51. The Bertz CT molecular complexity index is 1010. The summed E-state index contributed by atoms with van der Waals surface area (Å²) in [6, 6.07) is 8.04. The molecule has 0 spiro atoms. The SMILES string of the molecule is CC(C)(C)[C@H]1CC[C@H](Nc2cc3cc(C(=O)NC4CCCC(C(=O)O)C4)ccc3cn2)CC1. The maximum Gasteiger partial charge on any atom is 0.306 e. The molecule has 4 rings (SSSR count). The molecule has 0 aliphatic heterocycles. The summed E-state index contributed by atoms with van der Waals surface area (Å²) >= 11 is 0. The lowest BCUT2D eigenvalue weighted by molar-refractivity contribution is -0.143. The average molecular weight is 452 g/mol. The van der Waals surface area contributed by atoms with Crippen molar-refractivity contribution in [3.05, 3.63) is 36.0 Å². The van der Waals surface area contributed by atoms with Gasteiger partial charge in [-0.3, -0.25) is 9.59 Å². The van der Waals surface area contributed by atoms with Crippen molar-refractivity contribution in [3.63, 3.8) is 0 Å². The predicted octanol–water partition coefficient (Wildman–Crippen LogP) is 5.62. The van der Waals surface area contributed by atoms with E-state index < -0.39 is 5.97 Å².